The first-order valence-electron chi connectivity index (χ1n) is 12.3. The highest BCUT2D eigenvalue weighted by molar-refractivity contribution is 6.44. The lowest BCUT2D eigenvalue weighted by Crippen LogP contribution is -2.72. The van der Waals surface area contributed by atoms with Gasteiger partial charge < -0.3 is 15.2 Å². The van der Waals surface area contributed by atoms with Gasteiger partial charge in [0.1, 0.15) is 17.6 Å². The standard InChI is InChI=1S/C25H24F3N7O3/c1-11-19(21(36)23(38)32-24(9-25(27,28)10-24)18-8-30-34-33-18)17-6-12-5-16(12)35(17)20(11)22(37)31-14-2-3-15(26)13(4-14)7-29/h2-4,12,16,18,30,33-34H,5-6,8-10H2,1H3,(H,31,37)(H,32,38)/t12-,16-,18?/m1/s1. The molecule has 5 N–H and O–H groups in total. The van der Waals surface area contributed by atoms with Gasteiger partial charge in [-0.1, -0.05) is 0 Å². The number of hydrogen-bond donors (Lipinski definition) is 5. The summed E-state index contributed by atoms with van der Waals surface area (Å²) in [5.41, 5.74) is 8.09. The van der Waals surface area contributed by atoms with Crippen LogP contribution in [0.5, 0.6) is 0 Å². The molecular weight excluding hydrogens is 503 g/mol. The summed E-state index contributed by atoms with van der Waals surface area (Å²) in [6.45, 7) is 1.85. The summed E-state index contributed by atoms with van der Waals surface area (Å²) in [5.74, 6) is -5.87. The molecule has 1 unspecified atom stereocenters. The molecule has 0 bridgehead atoms. The van der Waals surface area contributed by atoms with Gasteiger partial charge in [0.15, 0.2) is 0 Å². The van der Waals surface area contributed by atoms with Crippen molar-refractivity contribution in [1.82, 2.24) is 26.3 Å². The van der Waals surface area contributed by atoms with Crippen LogP contribution in [0.1, 0.15) is 63.0 Å². The third-order valence-electron chi connectivity index (χ3n) is 8.03. The maximum Gasteiger partial charge on any atom is 0.292 e. The Hall–Kier alpha value is -3.73. The van der Waals surface area contributed by atoms with Crippen molar-refractivity contribution in [2.45, 2.75) is 56.2 Å². The minimum Gasteiger partial charge on any atom is -0.342 e. The number of benzene rings is 1. The minimum atomic E-state index is -2.95. The van der Waals surface area contributed by atoms with Gasteiger partial charge in [0.05, 0.1) is 22.7 Å². The van der Waals surface area contributed by atoms with Crippen LogP contribution in [0.15, 0.2) is 18.2 Å². The number of halogens is 3. The first kappa shape index (κ1) is 24.6. The second-order valence-corrected chi connectivity index (χ2v) is 10.5. The van der Waals surface area contributed by atoms with Crippen LogP contribution in [0.3, 0.4) is 0 Å². The molecule has 13 heteroatoms. The molecule has 2 aromatic rings. The molecule has 38 heavy (non-hydrogen) atoms. The minimum absolute atomic E-state index is 0.0217. The number of rotatable bonds is 6. The molecule has 3 atom stereocenters. The van der Waals surface area contributed by atoms with E-state index in [1.165, 1.54) is 12.1 Å². The van der Waals surface area contributed by atoms with Crippen molar-refractivity contribution >= 4 is 23.3 Å². The molecule has 0 spiro atoms. The molecule has 10 nitrogen and oxygen atoms in total. The molecule has 1 saturated heterocycles. The molecule has 1 aromatic heterocycles. The van der Waals surface area contributed by atoms with Gasteiger partial charge in [0.25, 0.3) is 23.5 Å². The van der Waals surface area contributed by atoms with Gasteiger partial charge in [0.2, 0.25) is 0 Å². The number of carbonyl (C=O) groups is 3. The van der Waals surface area contributed by atoms with Crippen LogP contribution in [-0.4, -0.2) is 46.2 Å². The molecule has 1 aromatic carbocycles. The number of Topliss-reactive ketones (excluding diaryl/α,β-unsaturated/α-hetero) is 1. The predicted octanol–water partition coefficient (Wildman–Crippen LogP) is 1.62. The number of amides is 2. The average Bonchev–Trinajstić information content (AvgIpc) is 3.18. The summed E-state index contributed by atoms with van der Waals surface area (Å²) in [5, 5.41) is 14.3. The van der Waals surface area contributed by atoms with Crippen LogP contribution >= 0.6 is 0 Å². The largest absolute Gasteiger partial charge is 0.342 e. The van der Waals surface area contributed by atoms with Crippen molar-refractivity contribution in [3.8, 4) is 6.07 Å². The number of alkyl halides is 2. The fraction of sp³-hybridized carbons (Fsp3) is 0.440. The maximum absolute atomic E-state index is 13.9. The quantitative estimate of drug-likeness (QED) is 0.284. The second-order valence-electron chi connectivity index (χ2n) is 10.5. The summed E-state index contributed by atoms with van der Waals surface area (Å²) in [6.07, 6.45) is 0.144. The SMILES string of the molecule is Cc1c(C(=O)C(=O)NC2(C3CNNN3)CC(F)(F)C2)c2n(c1C(=O)Nc1ccc(F)c(C#N)c1)[C@@H]1C[C@@H]1C2. The van der Waals surface area contributed by atoms with E-state index in [0.717, 1.165) is 12.5 Å². The van der Waals surface area contributed by atoms with Crippen LogP contribution in [0, 0.1) is 30.0 Å². The lowest BCUT2D eigenvalue weighted by molar-refractivity contribution is -0.151. The number of nitriles is 1. The molecule has 2 amide bonds. The Bertz CT molecular complexity index is 1430. The van der Waals surface area contributed by atoms with E-state index in [1.54, 1.807) is 17.6 Å². The van der Waals surface area contributed by atoms with Crippen molar-refractivity contribution in [3.63, 3.8) is 0 Å². The van der Waals surface area contributed by atoms with E-state index >= 15 is 0 Å². The van der Waals surface area contributed by atoms with Gasteiger partial charge in [-0.2, -0.15) is 10.8 Å². The third kappa shape index (κ3) is 3.79. The fourth-order valence-corrected chi connectivity index (χ4v) is 6.18. The first-order chi connectivity index (χ1) is 18.0. The smallest absolute Gasteiger partial charge is 0.292 e. The van der Waals surface area contributed by atoms with Gasteiger partial charge in [-0.3, -0.25) is 14.4 Å². The summed E-state index contributed by atoms with van der Waals surface area (Å²) in [6, 6.07) is 4.80. The van der Waals surface area contributed by atoms with E-state index in [-0.39, 0.29) is 41.0 Å². The topological polar surface area (TPSA) is 140 Å². The van der Waals surface area contributed by atoms with Gasteiger partial charge >= 0.3 is 0 Å². The Labute approximate surface area is 214 Å². The highest BCUT2D eigenvalue weighted by Gasteiger charge is 2.62. The molecule has 3 heterocycles. The molecular formula is C25H24F3N7O3. The summed E-state index contributed by atoms with van der Waals surface area (Å²) in [7, 11) is 0. The average molecular weight is 528 g/mol. The second kappa shape index (κ2) is 8.39. The summed E-state index contributed by atoms with van der Waals surface area (Å²) >= 11 is 0. The maximum atomic E-state index is 13.9. The zero-order chi connectivity index (χ0) is 27.0. The zero-order valence-electron chi connectivity index (χ0n) is 20.3. The Balaban J connectivity index is 1.29. The summed E-state index contributed by atoms with van der Waals surface area (Å²) < 4.78 is 43.3. The Morgan fingerprint density at radius 3 is 2.66 bits per heavy atom. The van der Waals surface area contributed by atoms with Crippen LogP contribution in [0.2, 0.25) is 0 Å². The number of anilines is 1. The Kier molecular flexibility index (Phi) is 5.43. The normalized spacial score (nSPS) is 25.5. The lowest BCUT2D eigenvalue weighted by atomic mass is 9.68. The van der Waals surface area contributed by atoms with E-state index in [4.69, 9.17) is 5.26 Å². The van der Waals surface area contributed by atoms with E-state index in [9.17, 15) is 27.6 Å². The first-order valence-corrected chi connectivity index (χ1v) is 12.3. The Morgan fingerprint density at radius 1 is 1.24 bits per heavy atom. The van der Waals surface area contributed by atoms with Gasteiger partial charge in [-0.05, 0) is 49.4 Å². The van der Waals surface area contributed by atoms with Crippen molar-refractivity contribution in [3.05, 3.63) is 52.1 Å². The number of nitrogens with zero attached hydrogens (tertiary/aromatic N) is 2. The fourth-order valence-electron chi connectivity index (χ4n) is 6.18. The molecule has 2 aliphatic carbocycles. The van der Waals surface area contributed by atoms with Gasteiger partial charge in [-0.15, -0.1) is 0 Å². The number of hydrazine groups is 2. The van der Waals surface area contributed by atoms with Crippen molar-refractivity contribution in [1.29, 1.82) is 5.26 Å². The molecule has 2 saturated carbocycles. The van der Waals surface area contributed by atoms with Gasteiger partial charge in [-0.25, -0.2) is 24.0 Å². The molecule has 3 fully saturated rings. The van der Waals surface area contributed by atoms with Crippen LogP contribution < -0.4 is 27.0 Å². The molecule has 198 valence electrons. The van der Waals surface area contributed by atoms with E-state index < -0.39 is 53.8 Å². The highest BCUT2D eigenvalue weighted by Crippen LogP contribution is 2.54. The lowest BCUT2D eigenvalue weighted by Gasteiger charge is -2.50. The number of carbonyl (C=O) groups excluding carboxylic acids is 3. The number of hydrogen-bond acceptors (Lipinski definition) is 7. The molecule has 4 aliphatic rings. The number of fused-ring (bicyclic) bond motifs is 3. The van der Waals surface area contributed by atoms with Crippen LogP contribution in [0.4, 0.5) is 18.9 Å². The van der Waals surface area contributed by atoms with Crippen molar-refractivity contribution < 1.29 is 27.6 Å². The highest BCUT2D eigenvalue weighted by atomic mass is 19.3. The van der Waals surface area contributed by atoms with E-state index in [0.29, 0.717) is 17.7 Å². The molecule has 2 aliphatic heterocycles. The monoisotopic (exact) mass is 527 g/mol. The van der Waals surface area contributed by atoms with Crippen LogP contribution in [-0.2, 0) is 11.2 Å². The van der Waals surface area contributed by atoms with Crippen molar-refractivity contribution in [2.24, 2.45) is 5.92 Å². The summed E-state index contributed by atoms with van der Waals surface area (Å²) in [4.78, 5) is 40.0. The van der Waals surface area contributed by atoms with E-state index in [1.807, 2.05) is 0 Å². The predicted molar refractivity (Wildman–Crippen MR) is 127 cm³/mol. The van der Waals surface area contributed by atoms with Crippen LogP contribution in [0.25, 0.3) is 0 Å². The van der Waals surface area contributed by atoms with E-state index in [2.05, 4.69) is 27.0 Å². The molecule has 0 radical (unpaired) electrons. The van der Waals surface area contributed by atoms with Crippen molar-refractivity contribution in [2.75, 3.05) is 11.9 Å². The number of ketones is 1. The van der Waals surface area contributed by atoms with Gasteiger partial charge in [0, 0.05) is 36.8 Å². The third-order valence-corrected chi connectivity index (χ3v) is 8.03. The zero-order valence-corrected chi connectivity index (χ0v) is 20.3. The number of aromatic nitrogens is 1. The number of nitrogens with one attached hydrogen (secondary N) is 5. The Morgan fingerprint density at radius 2 is 2.00 bits per heavy atom. The molecule has 6 rings (SSSR count).